The van der Waals surface area contributed by atoms with Gasteiger partial charge in [-0.15, -0.1) is 0 Å². The van der Waals surface area contributed by atoms with Crippen molar-refractivity contribution in [2.24, 2.45) is 5.73 Å². The number of hydrogen-bond acceptors (Lipinski definition) is 2. The Morgan fingerprint density at radius 1 is 1.37 bits per heavy atom. The minimum Gasteiger partial charge on any atom is -0.322 e. The summed E-state index contributed by atoms with van der Waals surface area (Å²) in [4.78, 5) is 2.43. The molecule has 0 amide bonds. The summed E-state index contributed by atoms with van der Waals surface area (Å²) in [6.45, 7) is 8.45. The van der Waals surface area contributed by atoms with Crippen molar-refractivity contribution >= 4 is 0 Å². The summed E-state index contributed by atoms with van der Waals surface area (Å²) in [5.74, 6) is -0.183. The molecule has 1 aromatic carbocycles. The van der Waals surface area contributed by atoms with E-state index in [1.807, 2.05) is 13.0 Å². The van der Waals surface area contributed by atoms with Crippen molar-refractivity contribution in [3.63, 3.8) is 0 Å². The van der Waals surface area contributed by atoms with Gasteiger partial charge in [-0.1, -0.05) is 24.6 Å². The van der Waals surface area contributed by atoms with Crippen molar-refractivity contribution in [1.29, 1.82) is 0 Å². The standard InChI is InChI=1S/C16H25FN2/c1-4-16(3,19-9-5-6-10-19)15(18)13-11-12(2)7-8-14(13)17/h7-8,11,15H,4-6,9-10,18H2,1-3H3. The summed E-state index contributed by atoms with van der Waals surface area (Å²) in [5.41, 5.74) is 8.00. The van der Waals surface area contributed by atoms with Crippen LogP contribution in [-0.2, 0) is 0 Å². The van der Waals surface area contributed by atoms with Gasteiger partial charge in [0.2, 0.25) is 0 Å². The third-order valence-electron chi connectivity index (χ3n) is 4.70. The molecule has 0 spiro atoms. The summed E-state index contributed by atoms with van der Waals surface area (Å²) in [7, 11) is 0. The zero-order valence-electron chi connectivity index (χ0n) is 12.2. The van der Waals surface area contributed by atoms with E-state index >= 15 is 0 Å². The van der Waals surface area contributed by atoms with Gasteiger partial charge in [-0.3, -0.25) is 4.90 Å². The molecule has 0 aromatic heterocycles. The Kier molecular flexibility index (Phi) is 4.26. The molecule has 3 heteroatoms. The van der Waals surface area contributed by atoms with Crippen LogP contribution in [0.5, 0.6) is 0 Å². The van der Waals surface area contributed by atoms with Gasteiger partial charge in [0, 0.05) is 11.1 Å². The van der Waals surface area contributed by atoms with Gasteiger partial charge in [-0.25, -0.2) is 4.39 Å². The Hall–Kier alpha value is -0.930. The number of likely N-dealkylation sites (tertiary alicyclic amines) is 1. The molecule has 2 N–H and O–H groups in total. The fraction of sp³-hybridized carbons (Fsp3) is 0.625. The van der Waals surface area contributed by atoms with E-state index in [0.29, 0.717) is 5.56 Å². The van der Waals surface area contributed by atoms with Crippen LogP contribution in [0.1, 0.15) is 50.3 Å². The predicted molar refractivity (Wildman–Crippen MR) is 77.6 cm³/mol. The van der Waals surface area contributed by atoms with E-state index in [4.69, 9.17) is 5.73 Å². The lowest BCUT2D eigenvalue weighted by atomic mass is 9.83. The van der Waals surface area contributed by atoms with Crippen LogP contribution in [0.4, 0.5) is 4.39 Å². The molecule has 19 heavy (non-hydrogen) atoms. The van der Waals surface area contributed by atoms with Gasteiger partial charge in [-0.2, -0.15) is 0 Å². The molecule has 0 radical (unpaired) electrons. The Labute approximate surface area is 115 Å². The zero-order valence-corrected chi connectivity index (χ0v) is 12.2. The maximum atomic E-state index is 14.1. The third kappa shape index (κ3) is 2.67. The smallest absolute Gasteiger partial charge is 0.128 e. The van der Waals surface area contributed by atoms with Crippen molar-refractivity contribution in [2.45, 2.75) is 51.6 Å². The van der Waals surface area contributed by atoms with Gasteiger partial charge in [0.25, 0.3) is 0 Å². The highest BCUT2D eigenvalue weighted by atomic mass is 19.1. The Balaban J connectivity index is 2.34. The Morgan fingerprint density at radius 3 is 2.58 bits per heavy atom. The number of nitrogens with two attached hydrogens (primary N) is 1. The van der Waals surface area contributed by atoms with Crippen LogP contribution in [0.15, 0.2) is 18.2 Å². The molecular weight excluding hydrogens is 239 g/mol. The highest BCUT2D eigenvalue weighted by molar-refractivity contribution is 5.29. The zero-order chi connectivity index (χ0) is 14.0. The average molecular weight is 264 g/mol. The molecule has 1 saturated heterocycles. The van der Waals surface area contributed by atoms with E-state index in [-0.39, 0.29) is 17.4 Å². The number of hydrogen-bond donors (Lipinski definition) is 1. The number of nitrogens with zero attached hydrogens (tertiary/aromatic N) is 1. The molecule has 106 valence electrons. The first-order valence-electron chi connectivity index (χ1n) is 7.25. The van der Waals surface area contributed by atoms with Crippen LogP contribution in [0.25, 0.3) is 0 Å². The molecule has 2 unspecified atom stereocenters. The molecule has 2 nitrogen and oxygen atoms in total. The van der Waals surface area contributed by atoms with E-state index in [9.17, 15) is 4.39 Å². The summed E-state index contributed by atoms with van der Waals surface area (Å²) in [6, 6.07) is 4.94. The van der Waals surface area contributed by atoms with E-state index in [0.717, 1.165) is 25.1 Å². The lowest BCUT2D eigenvalue weighted by Crippen LogP contribution is -2.52. The number of rotatable bonds is 4. The van der Waals surface area contributed by atoms with E-state index in [1.165, 1.54) is 18.9 Å². The van der Waals surface area contributed by atoms with Crippen molar-refractivity contribution in [3.8, 4) is 0 Å². The maximum absolute atomic E-state index is 14.1. The second-order valence-electron chi connectivity index (χ2n) is 5.91. The van der Waals surface area contributed by atoms with Crippen LogP contribution in [0.3, 0.4) is 0 Å². The molecular formula is C16H25FN2. The lowest BCUT2D eigenvalue weighted by molar-refractivity contribution is 0.0986. The Bertz CT molecular complexity index is 440. The summed E-state index contributed by atoms with van der Waals surface area (Å²) < 4.78 is 14.1. The first-order valence-corrected chi connectivity index (χ1v) is 7.25. The SMILES string of the molecule is CCC(C)(C(N)c1cc(C)ccc1F)N1CCCC1. The topological polar surface area (TPSA) is 29.3 Å². The fourth-order valence-electron chi connectivity index (χ4n) is 3.10. The fourth-order valence-corrected chi connectivity index (χ4v) is 3.10. The second kappa shape index (κ2) is 5.59. The molecule has 1 aliphatic rings. The first kappa shape index (κ1) is 14.5. The maximum Gasteiger partial charge on any atom is 0.128 e. The summed E-state index contributed by atoms with van der Waals surface area (Å²) >= 11 is 0. The molecule has 0 bridgehead atoms. The van der Waals surface area contributed by atoms with Gasteiger partial charge in [0.05, 0.1) is 6.04 Å². The summed E-state index contributed by atoms with van der Waals surface area (Å²) in [5, 5.41) is 0. The van der Waals surface area contributed by atoms with Crippen LogP contribution < -0.4 is 5.73 Å². The normalized spacial score (nSPS) is 21.3. The van der Waals surface area contributed by atoms with Gasteiger partial charge in [0.1, 0.15) is 5.82 Å². The number of halogens is 1. The molecule has 0 saturated carbocycles. The molecule has 1 aromatic rings. The van der Waals surface area contributed by atoms with E-state index in [1.54, 1.807) is 6.07 Å². The van der Waals surface area contributed by atoms with Gasteiger partial charge in [0.15, 0.2) is 0 Å². The van der Waals surface area contributed by atoms with Crippen LogP contribution >= 0.6 is 0 Å². The number of benzene rings is 1. The highest BCUT2D eigenvalue weighted by Gasteiger charge is 2.39. The van der Waals surface area contributed by atoms with Crippen molar-refractivity contribution in [3.05, 3.63) is 35.1 Å². The van der Waals surface area contributed by atoms with Crippen molar-refractivity contribution < 1.29 is 4.39 Å². The largest absolute Gasteiger partial charge is 0.322 e. The van der Waals surface area contributed by atoms with Crippen molar-refractivity contribution in [1.82, 2.24) is 4.90 Å². The van der Waals surface area contributed by atoms with Crippen LogP contribution in [0.2, 0.25) is 0 Å². The molecule has 0 aliphatic carbocycles. The molecule has 2 atom stereocenters. The van der Waals surface area contributed by atoms with Gasteiger partial charge in [-0.05, 0) is 52.3 Å². The van der Waals surface area contributed by atoms with Crippen molar-refractivity contribution in [2.75, 3.05) is 13.1 Å². The molecule has 2 rings (SSSR count). The molecule has 1 heterocycles. The predicted octanol–water partition coefficient (Wildman–Crippen LogP) is 3.40. The van der Waals surface area contributed by atoms with Crippen LogP contribution in [-0.4, -0.2) is 23.5 Å². The van der Waals surface area contributed by atoms with Gasteiger partial charge < -0.3 is 5.73 Å². The monoisotopic (exact) mass is 264 g/mol. The first-order chi connectivity index (χ1) is 8.99. The minimum atomic E-state index is -0.282. The van der Waals surface area contributed by atoms with E-state index in [2.05, 4.69) is 18.7 Å². The Morgan fingerprint density at radius 2 is 2.00 bits per heavy atom. The second-order valence-corrected chi connectivity index (χ2v) is 5.91. The summed E-state index contributed by atoms with van der Waals surface area (Å²) in [6.07, 6.45) is 3.37. The number of aryl methyl sites for hydroxylation is 1. The van der Waals surface area contributed by atoms with Crippen LogP contribution in [0, 0.1) is 12.7 Å². The quantitative estimate of drug-likeness (QED) is 0.903. The lowest BCUT2D eigenvalue weighted by Gasteiger charge is -2.43. The molecule has 1 fully saturated rings. The highest BCUT2D eigenvalue weighted by Crippen LogP contribution is 2.36. The average Bonchev–Trinajstić information content (AvgIpc) is 2.94. The third-order valence-corrected chi connectivity index (χ3v) is 4.70. The van der Waals surface area contributed by atoms with E-state index < -0.39 is 0 Å². The minimum absolute atomic E-state index is 0.162. The van der Waals surface area contributed by atoms with Gasteiger partial charge >= 0.3 is 0 Å². The molecule has 1 aliphatic heterocycles.